The fourth-order valence-corrected chi connectivity index (χ4v) is 3.44. The van der Waals surface area contributed by atoms with Gasteiger partial charge in [-0.15, -0.1) is 0 Å². The molecule has 0 N–H and O–H groups in total. The number of rotatable bonds is 1. The molecule has 3 aromatic rings. The number of anilines is 1. The lowest BCUT2D eigenvalue weighted by molar-refractivity contribution is -0.658. The summed E-state index contributed by atoms with van der Waals surface area (Å²) in [7, 11) is 2.02. The quantitative estimate of drug-likeness (QED) is 0.507. The largest absolute Gasteiger partial charge is 0.434 e. The Hall–Kier alpha value is -2.56. The first-order valence-corrected chi connectivity index (χ1v) is 8.05. The van der Waals surface area contributed by atoms with Crippen molar-refractivity contribution in [2.24, 2.45) is 7.05 Å². The molecule has 0 saturated heterocycles. The fraction of sp³-hybridized carbons (Fsp3) is 0.263. The highest BCUT2D eigenvalue weighted by molar-refractivity contribution is 6.77. The van der Waals surface area contributed by atoms with Crippen molar-refractivity contribution in [3.8, 4) is 0 Å². The van der Waals surface area contributed by atoms with Crippen molar-refractivity contribution in [1.29, 1.82) is 0 Å². The highest BCUT2D eigenvalue weighted by atomic mass is 16.3. The van der Waals surface area contributed by atoms with Crippen LogP contribution in [0.4, 0.5) is 5.82 Å². The van der Waals surface area contributed by atoms with Gasteiger partial charge < -0.3 is 4.42 Å². The van der Waals surface area contributed by atoms with E-state index in [4.69, 9.17) is 8.53 Å². The van der Waals surface area contributed by atoms with Crippen LogP contribution in [-0.4, -0.2) is 11.8 Å². The minimum Gasteiger partial charge on any atom is -0.434 e. The predicted molar refractivity (Wildman–Crippen MR) is 98.0 cm³/mol. The van der Waals surface area contributed by atoms with Crippen LogP contribution in [0.15, 0.2) is 34.9 Å². The van der Waals surface area contributed by atoms with E-state index in [9.17, 15) is 0 Å². The van der Waals surface area contributed by atoms with Crippen molar-refractivity contribution in [1.82, 2.24) is 4.98 Å². The molecule has 0 saturated carbocycles. The van der Waals surface area contributed by atoms with Gasteiger partial charge in [-0.3, -0.25) is 4.81 Å². The summed E-state index contributed by atoms with van der Waals surface area (Å²) in [6, 6.07) is 7.58. The van der Waals surface area contributed by atoms with Crippen molar-refractivity contribution in [3.63, 3.8) is 0 Å². The molecule has 3 aromatic heterocycles. The number of hydrogen-bond acceptors (Lipinski definition) is 3. The monoisotopic (exact) mass is 321 g/mol. The van der Waals surface area contributed by atoms with Gasteiger partial charge >= 0.3 is 6.85 Å². The second-order valence-electron chi connectivity index (χ2n) is 6.43. The van der Waals surface area contributed by atoms with Crippen LogP contribution in [0, 0.1) is 13.8 Å². The number of furan rings is 1. The molecule has 0 aliphatic carbocycles. The topological polar surface area (TPSA) is 33.2 Å². The number of aromatic nitrogens is 2. The molecule has 120 valence electrons. The summed E-state index contributed by atoms with van der Waals surface area (Å²) >= 11 is 0. The number of nitrogens with zero attached hydrogens (tertiary/aromatic N) is 3. The average molecular weight is 321 g/mol. The zero-order valence-corrected chi connectivity index (χ0v) is 14.3. The third-order valence-corrected chi connectivity index (χ3v) is 4.62. The third-order valence-electron chi connectivity index (χ3n) is 4.62. The van der Waals surface area contributed by atoms with E-state index < -0.39 is 6.85 Å². The fourth-order valence-electron chi connectivity index (χ4n) is 3.44. The predicted octanol–water partition coefficient (Wildman–Crippen LogP) is 1.86. The van der Waals surface area contributed by atoms with Crippen molar-refractivity contribution in [2.75, 3.05) is 4.81 Å². The summed E-state index contributed by atoms with van der Waals surface area (Å²) < 4.78 is 30.8. The average Bonchev–Trinajstić information content (AvgIpc) is 2.95. The van der Waals surface area contributed by atoms with E-state index in [-0.39, 0.29) is 12.5 Å². The van der Waals surface area contributed by atoms with Gasteiger partial charge in [-0.1, -0.05) is 5.98 Å². The first-order valence-electron chi connectivity index (χ1n) is 9.55. The van der Waals surface area contributed by atoms with Crippen molar-refractivity contribution in [3.05, 3.63) is 52.4 Å². The van der Waals surface area contributed by atoms with Gasteiger partial charge in [-0.05, 0) is 51.3 Å². The normalized spacial score (nSPS) is 16.5. The van der Waals surface area contributed by atoms with E-state index in [0.29, 0.717) is 5.71 Å². The molecule has 0 spiro atoms. The maximum atomic E-state index is 7.58. The molecule has 0 atom stereocenters. The molecule has 4 rings (SSSR count). The van der Waals surface area contributed by atoms with Gasteiger partial charge in [-0.2, -0.15) is 0 Å². The maximum Gasteiger partial charge on any atom is 0.402 e. The summed E-state index contributed by atoms with van der Waals surface area (Å²) in [6.07, 6.45) is 2.04. The molecule has 0 fully saturated rings. The number of fused-ring (bicyclic) bond motifs is 3. The Labute approximate surface area is 146 Å². The summed E-state index contributed by atoms with van der Waals surface area (Å²) in [4.78, 5) is 6.48. The van der Waals surface area contributed by atoms with Gasteiger partial charge in [0.15, 0.2) is 5.42 Å². The Morgan fingerprint density at radius 1 is 1.29 bits per heavy atom. The Bertz CT molecular complexity index is 1180. The minimum atomic E-state index is -2.25. The molecule has 0 radical (unpaired) electrons. The molecule has 4 nitrogen and oxygen atoms in total. The van der Waals surface area contributed by atoms with E-state index in [1.54, 1.807) is 12.1 Å². The van der Waals surface area contributed by atoms with Gasteiger partial charge in [0.25, 0.3) is 5.82 Å². The highest BCUT2D eigenvalue weighted by Crippen LogP contribution is 2.21. The molecule has 24 heavy (non-hydrogen) atoms. The molecule has 0 bridgehead atoms. The van der Waals surface area contributed by atoms with Crippen molar-refractivity contribution >= 4 is 35.4 Å². The van der Waals surface area contributed by atoms with Crippen LogP contribution in [-0.2, 0) is 7.05 Å². The summed E-state index contributed by atoms with van der Waals surface area (Å²) in [5.41, 5.74) is 3.32. The van der Waals surface area contributed by atoms with Crippen LogP contribution in [0.1, 0.15) is 22.3 Å². The summed E-state index contributed by atoms with van der Waals surface area (Å²) in [5.74, 6) is 3.21. The van der Waals surface area contributed by atoms with E-state index in [1.165, 1.54) is 5.56 Å². The third kappa shape index (κ3) is 2.15. The zero-order valence-electron chi connectivity index (χ0n) is 17.3. The molecule has 0 unspecified atom stereocenters. The number of pyridine rings is 2. The molecular formula is C19H21BN3O+. The molecule has 1 aliphatic rings. The first kappa shape index (κ1) is 11.9. The van der Waals surface area contributed by atoms with E-state index in [0.717, 1.165) is 27.5 Å². The van der Waals surface area contributed by atoms with E-state index >= 15 is 0 Å². The zero-order chi connectivity index (χ0) is 19.5. The second kappa shape index (κ2) is 5.23. The lowest BCUT2D eigenvalue weighted by Gasteiger charge is -2.23. The Morgan fingerprint density at radius 2 is 2.12 bits per heavy atom. The van der Waals surface area contributed by atoms with Crippen LogP contribution in [0.5, 0.6) is 0 Å². The molecule has 4 heterocycles. The van der Waals surface area contributed by atoms with Crippen molar-refractivity contribution < 1.29 is 13.1 Å². The SMILES string of the molecule is [2H]C([2H])([2H])c1ccc2c3c(oc2n1)=C(C)N(c1cc(C)cc[n+]1C)B(C)C=3. The number of hydrogen-bond donors (Lipinski definition) is 0. The minimum absolute atomic E-state index is 0.0498. The van der Waals surface area contributed by atoms with Gasteiger partial charge in [0, 0.05) is 26.5 Å². The van der Waals surface area contributed by atoms with Crippen molar-refractivity contribution in [2.45, 2.75) is 27.5 Å². The van der Waals surface area contributed by atoms with E-state index in [1.807, 2.05) is 20.2 Å². The highest BCUT2D eigenvalue weighted by Gasteiger charge is 2.33. The molecule has 1 aliphatic heterocycles. The van der Waals surface area contributed by atoms with Crippen LogP contribution in [0.25, 0.3) is 22.8 Å². The standard InChI is InChI=1S/C19H21BN3O/c1-12-8-9-22(5)17(10-12)23-14(3)18-16(11-20(23)4)15-7-6-13(2)21-19(15)24-18/h6-11H,1-5H3/q+1/i2D3. The lowest BCUT2D eigenvalue weighted by atomic mass is 9.60. The smallest absolute Gasteiger partial charge is 0.402 e. The Balaban J connectivity index is 1.98. The first-order chi connectivity index (χ1) is 12.7. The van der Waals surface area contributed by atoms with Gasteiger partial charge in [0.05, 0.1) is 13.2 Å². The van der Waals surface area contributed by atoms with Gasteiger partial charge in [-0.25, -0.2) is 9.55 Å². The number of aryl methyl sites for hydroxylation is 3. The van der Waals surface area contributed by atoms with Crippen LogP contribution >= 0.6 is 0 Å². The Kier molecular flexibility index (Phi) is 2.59. The molecular weight excluding hydrogens is 297 g/mol. The molecule has 0 amide bonds. The van der Waals surface area contributed by atoms with Crippen LogP contribution < -0.4 is 20.0 Å². The van der Waals surface area contributed by atoms with Gasteiger partial charge in [0.2, 0.25) is 5.71 Å². The second-order valence-corrected chi connectivity index (χ2v) is 6.43. The lowest BCUT2D eigenvalue weighted by Crippen LogP contribution is -2.50. The summed E-state index contributed by atoms with van der Waals surface area (Å²) in [5, 5.41) is 1.82. The van der Waals surface area contributed by atoms with Gasteiger partial charge in [0.1, 0.15) is 5.70 Å². The molecule has 0 aromatic carbocycles. The maximum absolute atomic E-state index is 7.58. The van der Waals surface area contributed by atoms with Crippen LogP contribution in [0.2, 0.25) is 6.82 Å². The summed E-state index contributed by atoms with van der Waals surface area (Å²) in [6.45, 7) is 4.10. The molecule has 5 heteroatoms. The Morgan fingerprint density at radius 3 is 2.92 bits per heavy atom. The van der Waals surface area contributed by atoms with Crippen LogP contribution in [0.3, 0.4) is 0 Å². The van der Waals surface area contributed by atoms with E-state index in [2.05, 4.69) is 46.2 Å².